The van der Waals surface area contributed by atoms with E-state index in [0.29, 0.717) is 16.8 Å². The number of benzene rings is 2. The van der Waals surface area contributed by atoms with Gasteiger partial charge in [0.05, 0.1) is 0 Å². The Morgan fingerprint density at radius 1 is 1.08 bits per heavy atom. The van der Waals surface area contributed by atoms with Crippen LogP contribution in [0.4, 0.5) is 5.69 Å². The van der Waals surface area contributed by atoms with Gasteiger partial charge in [-0.2, -0.15) is 0 Å². The number of aryl methyl sites for hydroxylation is 1. The molecular formula is C23H21NO2. The number of nitroso groups, excluding NO2 is 1. The minimum Gasteiger partial charge on any atom is -0.508 e. The second-order valence-corrected chi connectivity index (χ2v) is 5.84. The highest BCUT2D eigenvalue weighted by atomic mass is 16.3. The molecule has 0 aliphatic heterocycles. The van der Waals surface area contributed by atoms with Gasteiger partial charge in [0, 0.05) is 5.56 Å². The predicted octanol–water partition coefficient (Wildman–Crippen LogP) is 6.76. The molecule has 0 unspecified atom stereocenters. The predicted molar refractivity (Wildman–Crippen MR) is 111 cm³/mol. The van der Waals surface area contributed by atoms with Crippen molar-refractivity contribution in [1.82, 2.24) is 0 Å². The third-order valence-corrected chi connectivity index (χ3v) is 3.68. The fourth-order valence-electron chi connectivity index (χ4n) is 2.37. The van der Waals surface area contributed by atoms with Gasteiger partial charge >= 0.3 is 0 Å². The quantitative estimate of drug-likeness (QED) is 0.343. The molecule has 0 atom stereocenters. The van der Waals surface area contributed by atoms with Gasteiger partial charge in [-0.05, 0) is 53.1 Å². The number of nitrogens with zero attached hydrogens (tertiary/aromatic N) is 1. The van der Waals surface area contributed by atoms with Crippen LogP contribution in [-0.4, -0.2) is 5.11 Å². The van der Waals surface area contributed by atoms with Gasteiger partial charge in [-0.1, -0.05) is 73.4 Å². The molecule has 0 saturated carbocycles. The molecule has 0 aliphatic carbocycles. The van der Waals surface area contributed by atoms with Crippen LogP contribution < -0.4 is 0 Å². The Hall–Kier alpha value is -3.46. The monoisotopic (exact) mass is 343 g/mol. The molecule has 0 bridgehead atoms. The maximum Gasteiger partial charge on any atom is 0.116 e. The maximum atomic E-state index is 10.7. The molecule has 2 aromatic carbocycles. The fourth-order valence-corrected chi connectivity index (χ4v) is 2.37. The first-order valence-electron chi connectivity index (χ1n) is 8.14. The lowest BCUT2D eigenvalue weighted by molar-refractivity contribution is 0.433. The zero-order valence-electron chi connectivity index (χ0n) is 14.7. The summed E-state index contributed by atoms with van der Waals surface area (Å²) >= 11 is 0. The second kappa shape index (κ2) is 9.14. The Balaban J connectivity index is 2.06. The van der Waals surface area contributed by atoms with Crippen LogP contribution in [0.5, 0.6) is 0 Å². The summed E-state index contributed by atoms with van der Waals surface area (Å²) in [5.74, 6) is 0.119. The van der Waals surface area contributed by atoms with E-state index in [1.165, 1.54) is 0 Å². The molecule has 3 heteroatoms. The van der Waals surface area contributed by atoms with Gasteiger partial charge in [0.2, 0.25) is 0 Å². The van der Waals surface area contributed by atoms with Crippen LogP contribution in [0.2, 0.25) is 0 Å². The average Bonchev–Trinajstić information content (AvgIpc) is 2.64. The van der Waals surface area contributed by atoms with Gasteiger partial charge in [-0.15, -0.1) is 4.91 Å². The molecular weight excluding hydrogens is 322 g/mol. The molecule has 2 rings (SSSR count). The smallest absolute Gasteiger partial charge is 0.116 e. The first-order chi connectivity index (χ1) is 12.5. The van der Waals surface area contributed by atoms with Crippen molar-refractivity contribution < 1.29 is 5.11 Å². The largest absolute Gasteiger partial charge is 0.508 e. The topological polar surface area (TPSA) is 49.7 Å². The third kappa shape index (κ3) is 5.56. The van der Waals surface area contributed by atoms with Crippen molar-refractivity contribution in [3.05, 3.63) is 112 Å². The van der Waals surface area contributed by atoms with E-state index in [2.05, 4.69) is 18.3 Å². The highest BCUT2D eigenvalue weighted by Crippen LogP contribution is 2.22. The zero-order valence-corrected chi connectivity index (χ0v) is 14.7. The molecule has 0 aliphatic rings. The molecule has 0 fully saturated rings. The Labute approximate surface area is 154 Å². The summed E-state index contributed by atoms with van der Waals surface area (Å²) in [6.45, 7) is 9.61. The number of aliphatic hydroxyl groups is 1. The van der Waals surface area contributed by atoms with E-state index in [9.17, 15) is 10.0 Å². The molecule has 130 valence electrons. The lowest BCUT2D eigenvalue weighted by Crippen LogP contribution is -1.80. The second-order valence-electron chi connectivity index (χ2n) is 5.84. The van der Waals surface area contributed by atoms with Crippen LogP contribution in [-0.2, 0) is 0 Å². The number of hydrogen-bond donors (Lipinski definition) is 1. The van der Waals surface area contributed by atoms with Crippen molar-refractivity contribution in [1.29, 1.82) is 0 Å². The Morgan fingerprint density at radius 3 is 2.50 bits per heavy atom. The summed E-state index contributed by atoms with van der Waals surface area (Å²) in [6.07, 6.45) is 10.3. The normalized spacial score (nSPS) is 11.8. The van der Waals surface area contributed by atoms with E-state index in [1.54, 1.807) is 36.4 Å². The van der Waals surface area contributed by atoms with E-state index >= 15 is 0 Å². The number of allylic oxidation sites excluding steroid dienone is 4. The van der Waals surface area contributed by atoms with Gasteiger partial charge < -0.3 is 5.11 Å². The van der Waals surface area contributed by atoms with E-state index in [1.807, 2.05) is 49.4 Å². The minimum absolute atomic E-state index is 0.119. The highest BCUT2D eigenvalue weighted by Gasteiger charge is 1.99. The van der Waals surface area contributed by atoms with Crippen LogP contribution in [0.3, 0.4) is 0 Å². The van der Waals surface area contributed by atoms with Crippen molar-refractivity contribution in [2.75, 3.05) is 0 Å². The van der Waals surface area contributed by atoms with Crippen LogP contribution >= 0.6 is 0 Å². The van der Waals surface area contributed by atoms with E-state index in [-0.39, 0.29) is 5.76 Å². The summed E-state index contributed by atoms with van der Waals surface area (Å²) in [5.41, 5.74) is 4.75. The van der Waals surface area contributed by atoms with E-state index < -0.39 is 0 Å². The molecule has 0 amide bonds. The van der Waals surface area contributed by atoms with Gasteiger partial charge in [-0.25, -0.2) is 0 Å². The third-order valence-electron chi connectivity index (χ3n) is 3.68. The molecule has 0 heterocycles. The van der Waals surface area contributed by atoms with Gasteiger partial charge in [0.15, 0.2) is 0 Å². The molecule has 0 radical (unpaired) electrons. The molecule has 2 aromatic rings. The average molecular weight is 343 g/mol. The molecule has 3 nitrogen and oxygen atoms in total. The van der Waals surface area contributed by atoms with E-state index in [0.717, 1.165) is 16.7 Å². The fraction of sp³-hybridized carbons (Fsp3) is 0.0435. The van der Waals surface area contributed by atoms with Gasteiger partial charge in [-0.3, -0.25) is 0 Å². The van der Waals surface area contributed by atoms with Crippen LogP contribution in [0.1, 0.15) is 22.3 Å². The minimum atomic E-state index is 0.119. The van der Waals surface area contributed by atoms with E-state index in [4.69, 9.17) is 0 Å². The van der Waals surface area contributed by atoms with Crippen LogP contribution in [0, 0.1) is 11.8 Å². The summed E-state index contributed by atoms with van der Waals surface area (Å²) < 4.78 is 0. The SMILES string of the molecule is C=Cc1cc(/C=C/C(=C)/C=C(O)/C=C/c2cccc(C)c2)ccc1N=O. The molecule has 1 N–H and O–H groups in total. The van der Waals surface area contributed by atoms with Crippen molar-refractivity contribution in [3.63, 3.8) is 0 Å². The first kappa shape index (κ1) is 18.9. The summed E-state index contributed by atoms with van der Waals surface area (Å²) in [6, 6.07) is 13.2. The van der Waals surface area contributed by atoms with Crippen molar-refractivity contribution in [2.24, 2.45) is 5.18 Å². The number of aliphatic hydroxyl groups excluding tert-OH is 1. The molecule has 0 aromatic heterocycles. The van der Waals surface area contributed by atoms with Crippen LogP contribution in [0.15, 0.2) is 90.4 Å². The molecule has 26 heavy (non-hydrogen) atoms. The lowest BCUT2D eigenvalue weighted by atomic mass is 10.1. The molecule has 0 spiro atoms. The van der Waals surface area contributed by atoms with Crippen molar-refractivity contribution >= 4 is 23.9 Å². The summed E-state index contributed by atoms with van der Waals surface area (Å²) in [7, 11) is 0. The Morgan fingerprint density at radius 2 is 1.81 bits per heavy atom. The first-order valence-corrected chi connectivity index (χ1v) is 8.14. The standard InChI is InChI=1S/C23H21NO2/c1-4-21-16-20(11-13-23(21)24-26)9-8-18(3)15-22(25)12-10-19-7-5-6-17(2)14-19/h4-16,25H,1,3H2,2H3/b9-8+,12-10+,22-15-. The summed E-state index contributed by atoms with van der Waals surface area (Å²) in [5, 5.41) is 13.0. The van der Waals surface area contributed by atoms with Crippen LogP contribution in [0.25, 0.3) is 18.2 Å². The highest BCUT2D eigenvalue weighted by molar-refractivity contribution is 5.68. The Bertz CT molecular complexity index is 918. The van der Waals surface area contributed by atoms with Crippen molar-refractivity contribution in [3.8, 4) is 0 Å². The zero-order chi connectivity index (χ0) is 18.9. The summed E-state index contributed by atoms with van der Waals surface area (Å²) in [4.78, 5) is 10.7. The van der Waals surface area contributed by atoms with Gasteiger partial charge in [0.1, 0.15) is 11.4 Å². The maximum absolute atomic E-state index is 10.7. The molecule has 0 saturated heterocycles. The lowest BCUT2D eigenvalue weighted by Gasteiger charge is -2.00. The van der Waals surface area contributed by atoms with Gasteiger partial charge in [0.25, 0.3) is 0 Å². The van der Waals surface area contributed by atoms with Crippen molar-refractivity contribution in [2.45, 2.75) is 6.92 Å². The number of hydrogen-bond acceptors (Lipinski definition) is 3. The number of rotatable bonds is 7. The Kier molecular flexibility index (Phi) is 6.63.